The summed E-state index contributed by atoms with van der Waals surface area (Å²) in [7, 11) is 1.49. The second-order valence-corrected chi connectivity index (χ2v) is 4.86. The number of para-hydroxylation sites is 3. The molecule has 2 aromatic carbocycles. The molecule has 7 nitrogen and oxygen atoms in total. The molecule has 0 aliphatic carbocycles. The molecule has 2 amide bonds. The Morgan fingerprint density at radius 1 is 0.920 bits per heavy atom. The number of carbonyl (C=O) groups excluding carboxylic acids is 2. The summed E-state index contributed by atoms with van der Waals surface area (Å²) in [6, 6.07) is 13.3. The van der Waals surface area contributed by atoms with Crippen molar-refractivity contribution in [2.24, 2.45) is 0 Å². The quantitative estimate of drug-likeness (QED) is 0.701. The number of anilines is 2. The fraction of sp³-hybridized carbons (Fsp3) is 0.0556. The molecule has 25 heavy (non-hydrogen) atoms. The number of nitrogens with one attached hydrogen (secondary N) is 2. The highest BCUT2D eigenvalue weighted by atomic mass is 16.5. The van der Waals surface area contributed by atoms with E-state index < -0.39 is 17.8 Å². The van der Waals surface area contributed by atoms with Crippen molar-refractivity contribution in [2.75, 3.05) is 17.7 Å². The van der Waals surface area contributed by atoms with Crippen LogP contribution in [0.25, 0.3) is 0 Å². The van der Waals surface area contributed by atoms with E-state index >= 15 is 0 Å². The largest absolute Gasteiger partial charge is 0.495 e. The Hall–Kier alpha value is -3.61. The molecule has 128 valence electrons. The van der Waals surface area contributed by atoms with Gasteiger partial charge in [-0.25, -0.2) is 4.79 Å². The molecule has 0 unspecified atom stereocenters. The first-order valence-electron chi connectivity index (χ1n) is 7.26. The van der Waals surface area contributed by atoms with Crippen LogP contribution in [0.4, 0.5) is 11.4 Å². The van der Waals surface area contributed by atoms with E-state index in [1.54, 1.807) is 48.5 Å². The van der Waals surface area contributed by atoms with Crippen LogP contribution < -0.4 is 15.4 Å². The highest BCUT2D eigenvalue weighted by Gasteiger charge is 2.14. The van der Waals surface area contributed by atoms with E-state index in [-0.39, 0.29) is 11.3 Å². The summed E-state index contributed by atoms with van der Waals surface area (Å²) >= 11 is 0. The molecule has 0 aliphatic rings. The fourth-order valence-corrected chi connectivity index (χ4v) is 2.05. The normalized spacial score (nSPS) is 10.3. The van der Waals surface area contributed by atoms with Crippen molar-refractivity contribution in [1.29, 1.82) is 0 Å². The maximum atomic E-state index is 12.5. The van der Waals surface area contributed by atoms with Gasteiger partial charge in [0.2, 0.25) is 5.91 Å². The zero-order valence-electron chi connectivity index (χ0n) is 13.4. The van der Waals surface area contributed by atoms with Crippen LogP contribution in [-0.2, 0) is 9.59 Å². The van der Waals surface area contributed by atoms with Crippen LogP contribution in [0.5, 0.6) is 5.75 Å². The van der Waals surface area contributed by atoms with Crippen LogP contribution in [0.15, 0.2) is 60.7 Å². The predicted octanol–water partition coefficient (Wildman–Crippen LogP) is 2.53. The van der Waals surface area contributed by atoms with Gasteiger partial charge in [-0.1, -0.05) is 24.3 Å². The Bertz CT molecular complexity index is 830. The smallest absolute Gasteiger partial charge is 0.328 e. The number of amides is 2. The third kappa shape index (κ3) is 4.93. The molecule has 0 fully saturated rings. The highest BCUT2D eigenvalue weighted by molar-refractivity contribution is 6.12. The van der Waals surface area contributed by atoms with Crippen LogP contribution in [0.3, 0.4) is 0 Å². The Labute approximate surface area is 143 Å². The van der Waals surface area contributed by atoms with Gasteiger partial charge in [0.15, 0.2) is 0 Å². The molecule has 2 aromatic rings. The maximum Gasteiger partial charge on any atom is 0.328 e. The van der Waals surface area contributed by atoms with Gasteiger partial charge >= 0.3 is 5.97 Å². The molecule has 3 N–H and O–H groups in total. The number of ether oxygens (including phenoxy) is 1. The van der Waals surface area contributed by atoms with Crippen LogP contribution >= 0.6 is 0 Å². The lowest BCUT2D eigenvalue weighted by Crippen LogP contribution is -2.17. The molecule has 0 heterocycles. The summed E-state index contributed by atoms with van der Waals surface area (Å²) in [6.45, 7) is 0. The van der Waals surface area contributed by atoms with E-state index in [2.05, 4.69) is 10.6 Å². The number of hydrogen-bond acceptors (Lipinski definition) is 4. The van der Waals surface area contributed by atoms with Crippen molar-refractivity contribution in [1.82, 2.24) is 0 Å². The van der Waals surface area contributed by atoms with Crippen LogP contribution in [0.2, 0.25) is 0 Å². The van der Waals surface area contributed by atoms with Crippen LogP contribution in [-0.4, -0.2) is 30.0 Å². The molecule has 2 rings (SSSR count). The molecule has 0 aliphatic heterocycles. The molecule has 0 radical (unpaired) electrons. The lowest BCUT2D eigenvalue weighted by atomic mass is 10.1. The zero-order chi connectivity index (χ0) is 18.2. The first kappa shape index (κ1) is 17.7. The molecule has 0 aromatic heterocycles. The van der Waals surface area contributed by atoms with Gasteiger partial charge in [-0.15, -0.1) is 0 Å². The van der Waals surface area contributed by atoms with E-state index in [1.807, 2.05) is 0 Å². The minimum absolute atomic E-state index is 0.227. The monoisotopic (exact) mass is 340 g/mol. The van der Waals surface area contributed by atoms with Gasteiger partial charge in [0.25, 0.3) is 5.91 Å². The van der Waals surface area contributed by atoms with Gasteiger partial charge in [0, 0.05) is 12.2 Å². The Balaban J connectivity index is 2.20. The van der Waals surface area contributed by atoms with Crippen molar-refractivity contribution in [2.45, 2.75) is 0 Å². The highest BCUT2D eigenvalue weighted by Crippen LogP contribution is 2.25. The fourth-order valence-electron chi connectivity index (χ4n) is 2.05. The average Bonchev–Trinajstić information content (AvgIpc) is 2.61. The first-order chi connectivity index (χ1) is 12.0. The number of aliphatic carboxylic acids is 1. The maximum absolute atomic E-state index is 12.5. The molecule has 0 spiro atoms. The Morgan fingerprint density at radius 3 is 2.24 bits per heavy atom. The van der Waals surface area contributed by atoms with E-state index in [1.165, 1.54) is 7.11 Å². The number of rotatable bonds is 6. The van der Waals surface area contributed by atoms with Crippen molar-refractivity contribution < 1.29 is 24.2 Å². The van der Waals surface area contributed by atoms with Crippen LogP contribution in [0, 0.1) is 0 Å². The zero-order valence-corrected chi connectivity index (χ0v) is 13.4. The van der Waals surface area contributed by atoms with Gasteiger partial charge in [-0.2, -0.15) is 0 Å². The minimum atomic E-state index is -1.24. The molecule has 0 saturated heterocycles. The Morgan fingerprint density at radius 2 is 1.56 bits per heavy atom. The van der Waals surface area contributed by atoms with Gasteiger partial charge in [0.1, 0.15) is 5.75 Å². The molecular formula is C18H16N2O5. The molecule has 7 heteroatoms. The number of hydrogen-bond donors (Lipinski definition) is 3. The molecule has 0 bridgehead atoms. The average molecular weight is 340 g/mol. The minimum Gasteiger partial charge on any atom is -0.495 e. The molecule has 0 saturated carbocycles. The van der Waals surface area contributed by atoms with Gasteiger partial charge in [0.05, 0.1) is 24.0 Å². The molecule has 0 atom stereocenters. The van der Waals surface area contributed by atoms with E-state index in [9.17, 15) is 14.4 Å². The summed E-state index contributed by atoms with van der Waals surface area (Å²) in [6.07, 6.45) is 1.59. The number of benzene rings is 2. The van der Waals surface area contributed by atoms with Gasteiger partial charge < -0.3 is 20.5 Å². The number of carboxylic acids is 1. The van der Waals surface area contributed by atoms with Gasteiger partial charge in [-0.05, 0) is 24.3 Å². The summed E-state index contributed by atoms with van der Waals surface area (Å²) < 4.78 is 5.18. The topological polar surface area (TPSA) is 105 Å². The van der Waals surface area contributed by atoms with Crippen molar-refractivity contribution in [3.63, 3.8) is 0 Å². The lowest BCUT2D eigenvalue weighted by Gasteiger charge is -2.12. The van der Waals surface area contributed by atoms with E-state index in [4.69, 9.17) is 9.84 Å². The second kappa shape index (κ2) is 8.30. The van der Waals surface area contributed by atoms with Gasteiger partial charge in [-0.3, -0.25) is 9.59 Å². The summed E-state index contributed by atoms with van der Waals surface area (Å²) in [5, 5.41) is 13.7. The summed E-state index contributed by atoms with van der Waals surface area (Å²) in [5.74, 6) is -1.83. The molecular weight excluding hydrogens is 324 g/mol. The SMILES string of the molecule is COc1ccccc1NC(=O)c1ccccc1NC(=O)/C=C\C(=O)O. The number of carboxylic acid groups (broad SMARTS) is 1. The first-order valence-corrected chi connectivity index (χ1v) is 7.26. The number of methoxy groups -OCH3 is 1. The van der Waals surface area contributed by atoms with Crippen molar-refractivity contribution in [3.8, 4) is 5.75 Å². The van der Waals surface area contributed by atoms with Crippen LogP contribution in [0.1, 0.15) is 10.4 Å². The standard InChI is InChI=1S/C18H16N2O5/c1-25-15-9-5-4-8-14(15)20-18(24)12-6-2-3-7-13(12)19-16(21)10-11-17(22)23/h2-11H,1H3,(H,19,21)(H,20,24)(H,22,23)/b11-10-. The third-order valence-corrected chi connectivity index (χ3v) is 3.16. The lowest BCUT2D eigenvalue weighted by molar-refractivity contribution is -0.131. The van der Waals surface area contributed by atoms with Crippen molar-refractivity contribution >= 4 is 29.2 Å². The second-order valence-electron chi connectivity index (χ2n) is 4.86. The van der Waals surface area contributed by atoms with E-state index in [0.29, 0.717) is 17.5 Å². The van der Waals surface area contributed by atoms with E-state index in [0.717, 1.165) is 6.08 Å². The number of carbonyl (C=O) groups is 3. The van der Waals surface area contributed by atoms with Crippen molar-refractivity contribution in [3.05, 3.63) is 66.2 Å². The summed E-state index contributed by atoms with van der Waals surface area (Å²) in [4.78, 5) is 34.7. The predicted molar refractivity (Wildman–Crippen MR) is 92.8 cm³/mol. The summed E-state index contributed by atoms with van der Waals surface area (Å²) in [5.41, 5.74) is 0.974. The Kier molecular flexibility index (Phi) is 5.89. The third-order valence-electron chi connectivity index (χ3n) is 3.16.